The average Bonchev–Trinajstić information content (AvgIpc) is 3.13. The molecule has 3 heterocycles. The van der Waals surface area contributed by atoms with Gasteiger partial charge in [0.05, 0.1) is 18.3 Å². The van der Waals surface area contributed by atoms with Crippen molar-refractivity contribution in [3.05, 3.63) is 53.3 Å². The molecule has 130 valence electrons. The lowest BCUT2D eigenvalue weighted by Crippen LogP contribution is -2.44. The monoisotopic (exact) mass is 356 g/mol. The number of aromatic nitrogens is 2. The van der Waals surface area contributed by atoms with E-state index < -0.39 is 0 Å². The van der Waals surface area contributed by atoms with E-state index in [1.807, 2.05) is 60.3 Å². The van der Waals surface area contributed by atoms with E-state index in [0.717, 1.165) is 28.4 Å². The fraction of sp³-hybridized carbons (Fsp3) is 0.333. The second-order valence-electron chi connectivity index (χ2n) is 6.81. The van der Waals surface area contributed by atoms with Crippen LogP contribution in [0.5, 0.6) is 5.75 Å². The molecule has 2 aromatic heterocycles. The molecule has 1 unspecified atom stereocenters. The van der Waals surface area contributed by atoms with Crippen molar-refractivity contribution in [2.45, 2.75) is 38.5 Å². The first-order chi connectivity index (χ1) is 12.0. The van der Waals surface area contributed by atoms with Gasteiger partial charge in [0.1, 0.15) is 11.4 Å². The zero-order chi connectivity index (χ0) is 17.4. The molecule has 4 rings (SSSR count). The number of nitrogens with zero attached hydrogens (tertiary/aromatic N) is 2. The molecular formula is C18H20N4O2S. The minimum absolute atomic E-state index is 0.0783. The predicted octanol–water partition coefficient (Wildman–Crippen LogP) is 3.50. The van der Waals surface area contributed by atoms with Crippen LogP contribution in [0.4, 0.5) is 4.79 Å². The van der Waals surface area contributed by atoms with Crippen LogP contribution in [-0.2, 0) is 6.54 Å². The summed E-state index contributed by atoms with van der Waals surface area (Å²) < 4.78 is 7.96. The van der Waals surface area contributed by atoms with Gasteiger partial charge in [-0.05, 0) is 19.9 Å². The Bertz CT molecular complexity index is 886. The zero-order valence-corrected chi connectivity index (χ0v) is 15.0. The Morgan fingerprint density at radius 2 is 2.28 bits per heavy atom. The molecule has 25 heavy (non-hydrogen) atoms. The van der Waals surface area contributed by atoms with Crippen LogP contribution >= 0.6 is 11.3 Å². The Morgan fingerprint density at radius 3 is 3.12 bits per heavy atom. The Labute approximate surface area is 149 Å². The van der Waals surface area contributed by atoms with E-state index in [2.05, 4.69) is 15.6 Å². The molecule has 0 spiro atoms. The van der Waals surface area contributed by atoms with Crippen molar-refractivity contribution < 1.29 is 9.53 Å². The van der Waals surface area contributed by atoms with Gasteiger partial charge in [0, 0.05) is 29.8 Å². The number of thiazole rings is 1. The molecule has 0 radical (unpaired) electrons. The van der Waals surface area contributed by atoms with Gasteiger partial charge in [0.25, 0.3) is 0 Å². The maximum atomic E-state index is 12.4. The van der Waals surface area contributed by atoms with Crippen molar-refractivity contribution in [1.29, 1.82) is 0 Å². The highest BCUT2D eigenvalue weighted by Crippen LogP contribution is 2.39. The van der Waals surface area contributed by atoms with Crippen LogP contribution in [0.2, 0.25) is 0 Å². The third-order valence-electron chi connectivity index (χ3n) is 4.25. The van der Waals surface area contributed by atoms with Crippen molar-refractivity contribution in [2.24, 2.45) is 0 Å². The van der Waals surface area contributed by atoms with Gasteiger partial charge in [-0.15, -0.1) is 11.3 Å². The number of hydrogen-bond donors (Lipinski definition) is 2. The summed E-state index contributed by atoms with van der Waals surface area (Å²) >= 11 is 1.57. The SMILES string of the molecule is CC1(C)CC(NC(=O)NCc2cn3ccsc3n2)c2ccccc2O1. The second kappa shape index (κ2) is 6.07. The molecule has 2 N–H and O–H groups in total. The third kappa shape index (κ3) is 3.32. The molecule has 3 aromatic rings. The van der Waals surface area contributed by atoms with E-state index in [4.69, 9.17) is 4.74 Å². The number of urea groups is 1. The van der Waals surface area contributed by atoms with E-state index in [0.29, 0.717) is 6.54 Å². The fourth-order valence-electron chi connectivity index (χ4n) is 3.17. The number of imidazole rings is 1. The summed E-state index contributed by atoms with van der Waals surface area (Å²) in [7, 11) is 0. The van der Waals surface area contributed by atoms with Crippen LogP contribution < -0.4 is 15.4 Å². The van der Waals surface area contributed by atoms with E-state index in [-0.39, 0.29) is 17.7 Å². The van der Waals surface area contributed by atoms with Gasteiger partial charge in [-0.2, -0.15) is 0 Å². The Kier molecular flexibility index (Phi) is 3.88. The number of nitrogens with one attached hydrogen (secondary N) is 2. The number of amides is 2. The van der Waals surface area contributed by atoms with Crippen LogP contribution in [0, 0.1) is 0 Å². The summed E-state index contributed by atoms with van der Waals surface area (Å²) in [5.41, 5.74) is 1.54. The van der Waals surface area contributed by atoms with Crippen LogP contribution in [-0.4, -0.2) is 21.0 Å². The van der Waals surface area contributed by atoms with Gasteiger partial charge >= 0.3 is 6.03 Å². The lowest BCUT2D eigenvalue weighted by Gasteiger charge is -2.37. The van der Waals surface area contributed by atoms with Crippen molar-refractivity contribution in [2.75, 3.05) is 0 Å². The molecule has 0 saturated heterocycles. The number of para-hydroxylation sites is 1. The molecule has 0 aliphatic carbocycles. The minimum Gasteiger partial charge on any atom is -0.487 e. The fourth-order valence-corrected chi connectivity index (χ4v) is 3.89. The molecule has 2 amide bonds. The second-order valence-corrected chi connectivity index (χ2v) is 7.68. The van der Waals surface area contributed by atoms with Crippen molar-refractivity contribution >= 4 is 22.3 Å². The number of carbonyl (C=O) groups excluding carboxylic acids is 1. The maximum absolute atomic E-state index is 12.4. The quantitative estimate of drug-likeness (QED) is 0.755. The molecule has 0 saturated carbocycles. The average molecular weight is 356 g/mol. The van der Waals surface area contributed by atoms with Gasteiger partial charge in [0.15, 0.2) is 4.96 Å². The highest BCUT2D eigenvalue weighted by molar-refractivity contribution is 7.15. The number of rotatable bonds is 3. The summed E-state index contributed by atoms with van der Waals surface area (Å²) in [6.07, 6.45) is 4.61. The standard InChI is InChI=1S/C18H20N4O2S/c1-18(2)9-14(13-5-3-4-6-15(13)24-18)21-16(23)19-10-12-11-22-7-8-25-17(22)20-12/h3-8,11,14H,9-10H2,1-2H3,(H2,19,21,23). The van der Waals surface area contributed by atoms with Crippen LogP contribution in [0.15, 0.2) is 42.0 Å². The highest BCUT2D eigenvalue weighted by Gasteiger charge is 2.34. The van der Waals surface area contributed by atoms with Gasteiger partial charge in [0.2, 0.25) is 0 Å². The molecule has 1 aliphatic heterocycles. The van der Waals surface area contributed by atoms with Gasteiger partial charge < -0.3 is 15.4 Å². The first-order valence-electron chi connectivity index (χ1n) is 8.24. The van der Waals surface area contributed by atoms with Crippen LogP contribution in [0.25, 0.3) is 4.96 Å². The molecule has 1 atom stereocenters. The van der Waals surface area contributed by atoms with Gasteiger partial charge in [-0.3, -0.25) is 4.40 Å². The largest absolute Gasteiger partial charge is 0.487 e. The highest BCUT2D eigenvalue weighted by atomic mass is 32.1. The van der Waals surface area contributed by atoms with E-state index in [9.17, 15) is 4.79 Å². The molecule has 0 bridgehead atoms. The number of ether oxygens (including phenoxy) is 1. The Morgan fingerprint density at radius 1 is 1.44 bits per heavy atom. The summed E-state index contributed by atoms with van der Waals surface area (Å²) in [6.45, 7) is 4.47. The lowest BCUT2D eigenvalue weighted by molar-refractivity contribution is 0.0679. The molecule has 1 aliphatic rings. The molecular weight excluding hydrogens is 336 g/mol. The summed E-state index contributed by atoms with van der Waals surface area (Å²) in [4.78, 5) is 17.8. The number of hydrogen-bond acceptors (Lipinski definition) is 4. The zero-order valence-electron chi connectivity index (χ0n) is 14.2. The first kappa shape index (κ1) is 16.0. The van der Waals surface area contributed by atoms with Gasteiger partial charge in [-0.1, -0.05) is 18.2 Å². The number of carbonyl (C=O) groups is 1. The first-order valence-corrected chi connectivity index (χ1v) is 9.11. The molecule has 1 aromatic carbocycles. The molecule has 0 fully saturated rings. The lowest BCUT2D eigenvalue weighted by atomic mass is 9.90. The van der Waals surface area contributed by atoms with Crippen LogP contribution in [0.3, 0.4) is 0 Å². The van der Waals surface area contributed by atoms with E-state index in [1.54, 1.807) is 11.3 Å². The number of fused-ring (bicyclic) bond motifs is 2. The summed E-state index contributed by atoms with van der Waals surface area (Å²) in [5.74, 6) is 0.832. The number of benzene rings is 1. The van der Waals surface area contributed by atoms with Crippen LogP contribution in [0.1, 0.15) is 37.6 Å². The third-order valence-corrected chi connectivity index (χ3v) is 5.03. The van der Waals surface area contributed by atoms with Crippen molar-refractivity contribution in [3.8, 4) is 5.75 Å². The van der Waals surface area contributed by atoms with E-state index in [1.165, 1.54) is 0 Å². The summed E-state index contributed by atoms with van der Waals surface area (Å²) in [6, 6.07) is 7.58. The minimum atomic E-state index is -0.319. The normalized spacial score (nSPS) is 18.4. The molecule has 7 heteroatoms. The smallest absolute Gasteiger partial charge is 0.315 e. The van der Waals surface area contributed by atoms with Crippen molar-refractivity contribution in [3.63, 3.8) is 0 Å². The summed E-state index contributed by atoms with van der Waals surface area (Å²) in [5, 5.41) is 7.94. The predicted molar refractivity (Wildman–Crippen MR) is 96.9 cm³/mol. The Balaban J connectivity index is 1.42. The van der Waals surface area contributed by atoms with E-state index >= 15 is 0 Å². The topological polar surface area (TPSA) is 67.7 Å². The van der Waals surface area contributed by atoms with Crippen molar-refractivity contribution in [1.82, 2.24) is 20.0 Å². The molecule has 6 nitrogen and oxygen atoms in total. The van der Waals surface area contributed by atoms with Gasteiger partial charge in [-0.25, -0.2) is 9.78 Å². The maximum Gasteiger partial charge on any atom is 0.315 e. The Hall–Kier alpha value is -2.54.